The van der Waals surface area contributed by atoms with Gasteiger partial charge < -0.3 is 0 Å². The first-order valence-electron chi connectivity index (χ1n) is 1.79. The fraction of sp³-hybridized carbons (Fsp3) is 0. The Kier molecular flexibility index (Phi) is 2.82. The summed E-state index contributed by atoms with van der Waals surface area (Å²) in [5, 5.41) is 0.181. The minimum absolute atomic E-state index is 0.181. The van der Waals surface area contributed by atoms with Gasteiger partial charge >= 0.3 is 0 Å². The lowest BCUT2D eigenvalue weighted by molar-refractivity contribution is 0.596. The van der Waals surface area contributed by atoms with Gasteiger partial charge in [0.15, 0.2) is 0 Å². The van der Waals surface area contributed by atoms with Crippen LogP contribution in [-0.4, -0.2) is 0 Å². The molecule has 0 bridgehead atoms. The SMILES string of the molecule is C=CC(=C)P(=O)(Cl)Cl. The average molecular weight is 171 g/mol. The third kappa shape index (κ3) is 2.56. The first-order valence-corrected chi connectivity index (χ1v) is 5.31. The molecule has 0 saturated carbocycles. The van der Waals surface area contributed by atoms with Gasteiger partial charge in [-0.1, -0.05) is 19.2 Å². The Hall–Kier alpha value is 0.290. The molecule has 0 aromatic carbocycles. The summed E-state index contributed by atoms with van der Waals surface area (Å²) in [5.74, 6) is -3.12. The highest BCUT2D eigenvalue weighted by Crippen LogP contribution is 2.63. The van der Waals surface area contributed by atoms with Crippen LogP contribution < -0.4 is 0 Å². The van der Waals surface area contributed by atoms with E-state index in [9.17, 15) is 4.57 Å². The van der Waals surface area contributed by atoms with Gasteiger partial charge in [-0.15, -0.1) is 0 Å². The molecule has 1 nitrogen and oxygen atoms in total. The Morgan fingerprint density at radius 1 is 1.62 bits per heavy atom. The van der Waals surface area contributed by atoms with E-state index in [0.717, 1.165) is 0 Å². The monoisotopic (exact) mass is 170 g/mol. The van der Waals surface area contributed by atoms with E-state index in [-0.39, 0.29) is 5.31 Å². The molecule has 0 heterocycles. The molecule has 0 radical (unpaired) electrons. The molecule has 0 aromatic rings. The van der Waals surface area contributed by atoms with E-state index in [2.05, 4.69) is 13.2 Å². The van der Waals surface area contributed by atoms with Crippen LogP contribution >= 0.6 is 28.3 Å². The number of allylic oxidation sites excluding steroid dienone is 2. The molecule has 0 fully saturated rings. The standard InChI is InChI=1S/C4H5Cl2OP/c1-3-4(2)8(5,6)7/h3H,1-2H2. The van der Waals surface area contributed by atoms with Crippen molar-refractivity contribution in [3.63, 3.8) is 0 Å². The Balaban J connectivity index is 4.26. The summed E-state index contributed by atoms with van der Waals surface area (Å²) in [4.78, 5) is 0. The highest BCUT2D eigenvalue weighted by atomic mass is 35.9. The van der Waals surface area contributed by atoms with Crippen LogP contribution in [0, 0.1) is 0 Å². The number of hydrogen-bond donors (Lipinski definition) is 0. The van der Waals surface area contributed by atoms with Crippen molar-refractivity contribution in [1.82, 2.24) is 0 Å². The fourth-order valence-electron chi connectivity index (χ4n) is 0.106. The van der Waals surface area contributed by atoms with Crippen molar-refractivity contribution >= 4 is 28.3 Å². The zero-order chi connectivity index (χ0) is 6.78. The normalized spacial score (nSPS) is 10.8. The molecular weight excluding hydrogens is 166 g/mol. The Morgan fingerprint density at radius 2 is 2.00 bits per heavy atom. The maximum absolute atomic E-state index is 10.5. The Morgan fingerprint density at radius 3 is 2.00 bits per heavy atom. The number of halogens is 2. The van der Waals surface area contributed by atoms with Crippen LogP contribution in [0.5, 0.6) is 0 Å². The van der Waals surface area contributed by atoms with Crippen molar-refractivity contribution < 1.29 is 4.57 Å². The molecule has 0 unspecified atom stereocenters. The summed E-state index contributed by atoms with van der Waals surface area (Å²) in [6, 6.07) is 0. The molecule has 0 saturated heterocycles. The Bertz CT molecular complexity index is 157. The van der Waals surface area contributed by atoms with Gasteiger partial charge in [-0.25, -0.2) is 0 Å². The van der Waals surface area contributed by atoms with E-state index in [1.54, 1.807) is 0 Å². The van der Waals surface area contributed by atoms with Crippen LogP contribution in [0.2, 0.25) is 0 Å². The van der Waals surface area contributed by atoms with Crippen LogP contribution in [-0.2, 0) is 4.57 Å². The van der Waals surface area contributed by atoms with E-state index in [1.165, 1.54) is 6.08 Å². The third-order valence-electron chi connectivity index (χ3n) is 0.570. The highest BCUT2D eigenvalue weighted by molar-refractivity contribution is 8.11. The topological polar surface area (TPSA) is 17.1 Å². The summed E-state index contributed by atoms with van der Waals surface area (Å²) in [5.41, 5.74) is 0. The van der Waals surface area contributed by atoms with Crippen molar-refractivity contribution in [2.75, 3.05) is 0 Å². The maximum Gasteiger partial charge on any atom is 0.281 e. The second-order valence-electron chi connectivity index (χ2n) is 1.16. The van der Waals surface area contributed by atoms with E-state index >= 15 is 0 Å². The van der Waals surface area contributed by atoms with Gasteiger partial charge in [0.25, 0.3) is 5.85 Å². The average Bonchev–Trinajstić information content (AvgIpc) is 1.62. The molecule has 0 aromatic heterocycles. The molecule has 0 aliphatic heterocycles. The van der Waals surface area contributed by atoms with Gasteiger partial charge in [0.1, 0.15) is 0 Å². The minimum Gasteiger partial charge on any atom is -0.284 e. The molecule has 0 rings (SSSR count). The van der Waals surface area contributed by atoms with Gasteiger partial charge in [0.2, 0.25) is 0 Å². The molecule has 8 heavy (non-hydrogen) atoms. The molecule has 46 valence electrons. The van der Waals surface area contributed by atoms with Crippen LogP contribution in [0.4, 0.5) is 0 Å². The van der Waals surface area contributed by atoms with Gasteiger partial charge in [0.05, 0.1) is 0 Å². The lowest BCUT2D eigenvalue weighted by atomic mass is 10.6. The lowest BCUT2D eigenvalue weighted by Gasteiger charge is -1.96. The molecular formula is C4H5Cl2OP. The van der Waals surface area contributed by atoms with Gasteiger partial charge in [-0.05, 0) is 22.5 Å². The molecule has 0 amide bonds. The van der Waals surface area contributed by atoms with Gasteiger partial charge in [-0.3, -0.25) is 4.57 Å². The molecule has 0 aliphatic rings. The van der Waals surface area contributed by atoms with Crippen LogP contribution in [0.25, 0.3) is 0 Å². The van der Waals surface area contributed by atoms with E-state index < -0.39 is 5.85 Å². The number of rotatable bonds is 2. The predicted octanol–water partition coefficient (Wildman–Crippen LogP) is 3.36. The van der Waals surface area contributed by atoms with Crippen molar-refractivity contribution in [2.24, 2.45) is 0 Å². The predicted molar refractivity (Wildman–Crippen MR) is 38.6 cm³/mol. The van der Waals surface area contributed by atoms with Crippen LogP contribution in [0.1, 0.15) is 0 Å². The molecule has 0 N–H and O–H groups in total. The van der Waals surface area contributed by atoms with Crippen molar-refractivity contribution in [1.29, 1.82) is 0 Å². The van der Waals surface area contributed by atoms with Crippen molar-refractivity contribution in [3.8, 4) is 0 Å². The summed E-state index contributed by atoms with van der Waals surface area (Å²) in [6.07, 6.45) is 1.28. The second kappa shape index (κ2) is 2.72. The molecule has 0 atom stereocenters. The minimum atomic E-state index is -3.12. The van der Waals surface area contributed by atoms with Crippen molar-refractivity contribution in [2.45, 2.75) is 0 Å². The van der Waals surface area contributed by atoms with E-state index in [4.69, 9.17) is 22.5 Å². The third-order valence-corrected chi connectivity index (χ3v) is 2.72. The molecule has 0 spiro atoms. The largest absolute Gasteiger partial charge is 0.284 e. The first-order chi connectivity index (χ1) is 3.48. The fourth-order valence-corrected chi connectivity index (χ4v) is 0.733. The van der Waals surface area contributed by atoms with Gasteiger partial charge in [0, 0.05) is 5.31 Å². The molecule has 0 aliphatic carbocycles. The number of hydrogen-bond acceptors (Lipinski definition) is 1. The van der Waals surface area contributed by atoms with Crippen LogP contribution in [0.15, 0.2) is 24.5 Å². The highest BCUT2D eigenvalue weighted by Gasteiger charge is 2.14. The molecule has 4 heteroatoms. The summed E-state index contributed by atoms with van der Waals surface area (Å²) in [7, 11) is 0. The van der Waals surface area contributed by atoms with Crippen molar-refractivity contribution in [3.05, 3.63) is 24.5 Å². The maximum atomic E-state index is 10.5. The Labute approximate surface area is 57.9 Å². The van der Waals surface area contributed by atoms with E-state index in [1.807, 2.05) is 0 Å². The first kappa shape index (κ1) is 8.29. The lowest BCUT2D eigenvalue weighted by Crippen LogP contribution is -1.60. The summed E-state index contributed by atoms with van der Waals surface area (Å²) < 4.78 is 10.5. The van der Waals surface area contributed by atoms with Crippen LogP contribution in [0.3, 0.4) is 0 Å². The van der Waals surface area contributed by atoms with E-state index in [0.29, 0.717) is 0 Å². The quantitative estimate of drug-likeness (QED) is 0.459. The smallest absolute Gasteiger partial charge is 0.281 e. The summed E-state index contributed by atoms with van der Waals surface area (Å²) in [6.45, 7) is 6.59. The summed E-state index contributed by atoms with van der Waals surface area (Å²) >= 11 is 10.3. The van der Waals surface area contributed by atoms with Gasteiger partial charge in [-0.2, -0.15) is 0 Å². The second-order valence-corrected chi connectivity index (χ2v) is 6.03. The zero-order valence-electron chi connectivity index (χ0n) is 4.10. The zero-order valence-corrected chi connectivity index (χ0v) is 6.51.